The summed E-state index contributed by atoms with van der Waals surface area (Å²) in [7, 11) is -2.89. The molecule has 0 atom stereocenters. The maximum atomic E-state index is 12.7. The van der Waals surface area contributed by atoms with E-state index in [1.54, 1.807) is 44.2 Å². The van der Waals surface area contributed by atoms with Crippen molar-refractivity contribution in [3.63, 3.8) is 0 Å². The van der Waals surface area contributed by atoms with E-state index >= 15 is 0 Å². The number of phenolic OH excluding ortho intramolecular Hbond substituents is 1. The van der Waals surface area contributed by atoms with E-state index in [9.17, 15) is 29.4 Å². The molecular formula is C31H31Cl2NO8Si. The number of allylic oxidation sites excluding steroid dienone is 5. The maximum absolute atomic E-state index is 12.7. The SMILES string of the molecule is CCOC(=O)CN(CC(=O)OCC)Cc1cc2c(c(Cl)c1O)[Si](C)(C)C1=C(Cl)C(=O)C=CC1=C2c1ccccc1C(=O)O. The maximum Gasteiger partial charge on any atom is 0.336 e. The third-order valence-electron chi connectivity index (χ3n) is 7.35. The lowest BCUT2D eigenvalue weighted by molar-refractivity contribution is -0.148. The Hall–Kier alpha value is -3.70. The number of nitrogens with zero attached hydrogens (tertiary/aromatic N) is 1. The summed E-state index contributed by atoms with van der Waals surface area (Å²) in [6, 6.07) is 8.17. The van der Waals surface area contributed by atoms with Crippen LogP contribution in [0.15, 0.2) is 58.3 Å². The number of carbonyl (C=O) groups excluding carboxylic acids is 3. The van der Waals surface area contributed by atoms with E-state index in [0.29, 0.717) is 38.2 Å². The normalized spacial score (nSPS) is 15.4. The topological polar surface area (TPSA) is 130 Å². The van der Waals surface area contributed by atoms with Gasteiger partial charge in [0.25, 0.3) is 0 Å². The van der Waals surface area contributed by atoms with Crippen LogP contribution >= 0.6 is 23.2 Å². The molecule has 9 nitrogen and oxygen atoms in total. The zero-order chi connectivity index (χ0) is 31.6. The fraction of sp³-hybridized carbons (Fsp3) is 0.290. The third kappa shape index (κ3) is 6.19. The second-order valence-corrected chi connectivity index (χ2v) is 15.5. The molecule has 226 valence electrons. The van der Waals surface area contributed by atoms with Crippen LogP contribution in [-0.4, -0.2) is 73.2 Å². The molecule has 0 spiro atoms. The molecule has 2 aromatic carbocycles. The van der Waals surface area contributed by atoms with Crippen LogP contribution in [0, 0.1) is 0 Å². The highest BCUT2D eigenvalue weighted by Gasteiger charge is 2.45. The van der Waals surface area contributed by atoms with Gasteiger partial charge in [0, 0.05) is 12.1 Å². The van der Waals surface area contributed by atoms with Gasteiger partial charge in [-0.15, -0.1) is 0 Å². The molecule has 0 aromatic heterocycles. The fourth-order valence-corrected chi connectivity index (χ4v) is 10.8. The highest BCUT2D eigenvalue weighted by atomic mass is 35.5. The molecule has 4 rings (SSSR count). The third-order valence-corrected chi connectivity index (χ3v) is 12.0. The number of hydrogen-bond donors (Lipinski definition) is 2. The number of ether oxygens (including phenoxy) is 2. The second-order valence-electron chi connectivity index (χ2n) is 10.5. The summed E-state index contributed by atoms with van der Waals surface area (Å²) in [4.78, 5) is 51.3. The van der Waals surface area contributed by atoms with Crippen molar-refractivity contribution in [3.8, 4) is 5.75 Å². The Morgan fingerprint density at radius 3 is 2.14 bits per heavy atom. The van der Waals surface area contributed by atoms with Gasteiger partial charge in [-0.1, -0.05) is 60.6 Å². The van der Waals surface area contributed by atoms with Gasteiger partial charge >= 0.3 is 17.9 Å². The van der Waals surface area contributed by atoms with Crippen molar-refractivity contribution in [1.82, 2.24) is 4.90 Å². The van der Waals surface area contributed by atoms with Crippen molar-refractivity contribution in [2.75, 3.05) is 26.3 Å². The monoisotopic (exact) mass is 643 g/mol. The van der Waals surface area contributed by atoms with Crippen molar-refractivity contribution in [1.29, 1.82) is 0 Å². The van der Waals surface area contributed by atoms with E-state index in [-0.39, 0.29) is 60.0 Å². The number of rotatable bonds is 10. The Balaban J connectivity index is 2.00. The van der Waals surface area contributed by atoms with Crippen LogP contribution in [0.3, 0.4) is 0 Å². The molecule has 2 aliphatic rings. The zero-order valence-corrected chi connectivity index (χ0v) is 26.6. The molecule has 0 saturated heterocycles. The number of aromatic carboxylic acids is 1. The van der Waals surface area contributed by atoms with E-state index < -0.39 is 26.0 Å². The van der Waals surface area contributed by atoms with E-state index in [1.807, 2.05) is 13.1 Å². The lowest BCUT2D eigenvalue weighted by atomic mass is 9.86. The predicted molar refractivity (Wildman–Crippen MR) is 165 cm³/mol. The Bertz CT molecular complexity index is 1610. The molecule has 1 heterocycles. The number of carboxylic acid groups (broad SMARTS) is 1. The molecule has 0 saturated carbocycles. The van der Waals surface area contributed by atoms with Crippen LogP contribution < -0.4 is 5.19 Å². The van der Waals surface area contributed by atoms with E-state index in [4.69, 9.17) is 32.7 Å². The first-order chi connectivity index (χ1) is 20.3. The van der Waals surface area contributed by atoms with Crippen LogP contribution in [0.5, 0.6) is 5.75 Å². The molecule has 43 heavy (non-hydrogen) atoms. The van der Waals surface area contributed by atoms with Gasteiger partial charge in [0.05, 0.1) is 41.9 Å². The highest BCUT2D eigenvalue weighted by molar-refractivity contribution is 6.99. The van der Waals surface area contributed by atoms with Crippen LogP contribution in [-0.2, 0) is 30.4 Å². The fourth-order valence-electron chi connectivity index (χ4n) is 5.63. The summed E-state index contributed by atoms with van der Waals surface area (Å²) in [5.74, 6) is -2.92. The van der Waals surface area contributed by atoms with Crippen LogP contribution in [0.2, 0.25) is 18.1 Å². The van der Waals surface area contributed by atoms with Crippen molar-refractivity contribution < 1.29 is 38.9 Å². The number of esters is 2. The molecule has 12 heteroatoms. The Morgan fingerprint density at radius 1 is 0.953 bits per heavy atom. The highest BCUT2D eigenvalue weighted by Crippen LogP contribution is 2.47. The number of aromatic hydroxyl groups is 1. The smallest absolute Gasteiger partial charge is 0.336 e. The average molecular weight is 645 g/mol. The minimum atomic E-state index is -2.89. The zero-order valence-electron chi connectivity index (χ0n) is 24.1. The number of carboxylic acids is 1. The first-order valence-corrected chi connectivity index (χ1v) is 17.4. The number of ketones is 1. The van der Waals surface area contributed by atoms with Gasteiger partial charge in [-0.05, 0) is 64.7 Å². The van der Waals surface area contributed by atoms with Gasteiger partial charge in [0.1, 0.15) is 13.8 Å². The average Bonchev–Trinajstić information content (AvgIpc) is 2.93. The molecule has 0 fully saturated rings. The molecule has 1 aliphatic carbocycles. The summed E-state index contributed by atoms with van der Waals surface area (Å²) in [6.45, 7) is 6.93. The van der Waals surface area contributed by atoms with Crippen LogP contribution in [0.25, 0.3) is 5.57 Å². The molecule has 0 unspecified atom stereocenters. The van der Waals surface area contributed by atoms with E-state index in [1.165, 1.54) is 17.0 Å². The summed E-state index contributed by atoms with van der Waals surface area (Å²) in [5, 5.41) is 22.7. The molecule has 1 aliphatic heterocycles. The quantitative estimate of drug-likeness (QED) is 0.282. The molecule has 0 bridgehead atoms. The summed E-state index contributed by atoms with van der Waals surface area (Å²) in [5.41, 5.74) is 2.35. The lowest BCUT2D eigenvalue weighted by Crippen LogP contribution is -2.51. The molecule has 0 amide bonds. The molecule has 0 radical (unpaired) electrons. The van der Waals surface area contributed by atoms with Gasteiger partial charge in [0.2, 0.25) is 0 Å². The van der Waals surface area contributed by atoms with Gasteiger partial charge in [0.15, 0.2) is 5.78 Å². The van der Waals surface area contributed by atoms with Gasteiger partial charge in [-0.3, -0.25) is 19.3 Å². The summed E-state index contributed by atoms with van der Waals surface area (Å²) in [6.07, 6.45) is 2.99. The number of hydrogen-bond acceptors (Lipinski definition) is 8. The number of benzene rings is 2. The van der Waals surface area contributed by atoms with Crippen LogP contribution in [0.1, 0.15) is 40.9 Å². The Kier molecular flexibility index (Phi) is 9.65. The van der Waals surface area contributed by atoms with Crippen molar-refractivity contribution in [3.05, 3.63) is 85.6 Å². The Labute approximate surface area is 260 Å². The van der Waals surface area contributed by atoms with E-state index in [0.717, 1.165) is 0 Å². The number of fused-ring (bicyclic) bond motifs is 2. The predicted octanol–water partition coefficient (Wildman–Crippen LogP) is 4.57. The first kappa shape index (κ1) is 32.2. The summed E-state index contributed by atoms with van der Waals surface area (Å²) < 4.78 is 10.2. The van der Waals surface area contributed by atoms with Crippen LogP contribution in [0.4, 0.5) is 0 Å². The molecule has 2 aromatic rings. The molecular weight excluding hydrogens is 613 g/mol. The second kappa shape index (κ2) is 12.9. The van der Waals surface area contributed by atoms with Crippen molar-refractivity contribution >= 4 is 65.7 Å². The minimum absolute atomic E-state index is 0.0232. The number of carbonyl (C=O) groups is 4. The van der Waals surface area contributed by atoms with E-state index in [2.05, 4.69) is 0 Å². The van der Waals surface area contributed by atoms with Gasteiger partial charge in [-0.25, -0.2) is 4.79 Å². The van der Waals surface area contributed by atoms with Gasteiger partial charge in [-0.2, -0.15) is 0 Å². The molecule has 2 N–H and O–H groups in total. The Morgan fingerprint density at radius 2 is 1.56 bits per heavy atom. The van der Waals surface area contributed by atoms with Crippen molar-refractivity contribution in [2.24, 2.45) is 0 Å². The summed E-state index contributed by atoms with van der Waals surface area (Å²) >= 11 is 13.6. The minimum Gasteiger partial charge on any atom is -0.506 e. The standard InChI is InChI=1S/C31H31Cl2NO8Si/c1-5-41-23(36)15-34(16-24(37)42-6-2)14-17-13-21-25(18-9-7-8-10-19(18)31(39)40)20-11-12-22(35)26(32)29(20)43(3,4)30(21)27(33)28(17)38/h7-13,38H,5-6,14-16H2,1-4H3,(H,39,40). The van der Waals surface area contributed by atoms with Crippen molar-refractivity contribution in [2.45, 2.75) is 33.5 Å². The first-order valence-electron chi connectivity index (χ1n) is 13.6. The number of phenols is 1. The van der Waals surface area contributed by atoms with Gasteiger partial charge < -0.3 is 19.7 Å². The largest absolute Gasteiger partial charge is 0.506 e. The number of halogens is 2. The lowest BCUT2D eigenvalue weighted by Gasteiger charge is -2.39.